The number of phenolic OH excluding ortho intramolecular Hbond substituents is 1. The third-order valence-electron chi connectivity index (χ3n) is 2.20. The van der Waals surface area contributed by atoms with Gasteiger partial charge in [-0.2, -0.15) is 0 Å². The van der Waals surface area contributed by atoms with Gasteiger partial charge in [-0.1, -0.05) is 24.3 Å². The highest BCUT2D eigenvalue weighted by atomic mass is 16.3. The van der Waals surface area contributed by atoms with E-state index in [2.05, 4.69) is 0 Å². The van der Waals surface area contributed by atoms with Crippen molar-refractivity contribution in [3.63, 3.8) is 0 Å². The molecule has 0 unspecified atom stereocenters. The van der Waals surface area contributed by atoms with Crippen molar-refractivity contribution in [2.75, 3.05) is 5.73 Å². The van der Waals surface area contributed by atoms with E-state index in [0.717, 1.165) is 6.29 Å². The fourth-order valence-corrected chi connectivity index (χ4v) is 1.51. The van der Waals surface area contributed by atoms with Gasteiger partial charge in [0.15, 0.2) is 6.29 Å². The summed E-state index contributed by atoms with van der Waals surface area (Å²) in [6.45, 7) is 0. The molecular weight excluding hydrogens is 178 g/mol. The lowest BCUT2D eigenvalue weighted by Gasteiger charge is -2.06. The van der Waals surface area contributed by atoms with Gasteiger partial charge in [-0.25, -0.2) is 0 Å². The zero-order valence-corrected chi connectivity index (χ0v) is 7.40. The Morgan fingerprint density at radius 3 is 2.50 bits per heavy atom. The molecule has 0 fully saturated rings. The fraction of sp³-hybridized carbons (Fsp3) is 0. The van der Waals surface area contributed by atoms with Crippen molar-refractivity contribution in [3.8, 4) is 5.75 Å². The minimum absolute atomic E-state index is 0.0335. The summed E-state index contributed by atoms with van der Waals surface area (Å²) in [6, 6.07) is 8.58. The lowest BCUT2D eigenvalue weighted by atomic mass is 10.0. The number of anilines is 1. The predicted molar refractivity (Wildman–Crippen MR) is 55.4 cm³/mol. The Morgan fingerprint density at radius 2 is 1.86 bits per heavy atom. The molecule has 0 aliphatic rings. The Hall–Kier alpha value is -2.03. The number of hydrogen-bond acceptors (Lipinski definition) is 3. The van der Waals surface area contributed by atoms with Gasteiger partial charge in [0.1, 0.15) is 5.75 Å². The van der Waals surface area contributed by atoms with Crippen LogP contribution in [0.2, 0.25) is 0 Å². The minimum atomic E-state index is 0.0335. The van der Waals surface area contributed by atoms with Crippen molar-refractivity contribution in [2.45, 2.75) is 0 Å². The molecule has 0 heterocycles. The highest BCUT2D eigenvalue weighted by Crippen LogP contribution is 2.32. The number of carbonyl (C=O) groups excluding carboxylic acids is 1. The van der Waals surface area contributed by atoms with Crippen LogP contribution in [0.25, 0.3) is 10.8 Å². The topological polar surface area (TPSA) is 63.3 Å². The Labute approximate surface area is 80.8 Å². The summed E-state index contributed by atoms with van der Waals surface area (Å²) < 4.78 is 0. The molecule has 14 heavy (non-hydrogen) atoms. The van der Waals surface area contributed by atoms with Crippen LogP contribution in [0.5, 0.6) is 5.75 Å². The molecule has 0 amide bonds. The second kappa shape index (κ2) is 3.03. The Kier molecular flexibility index (Phi) is 1.85. The van der Waals surface area contributed by atoms with Crippen LogP contribution in [0, 0.1) is 0 Å². The number of rotatable bonds is 1. The number of fused-ring (bicyclic) bond motifs is 1. The first-order valence-electron chi connectivity index (χ1n) is 4.19. The van der Waals surface area contributed by atoms with Gasteiger partial charge in [-0.05, 0) is 11.5 Å². The van der Waals surface area contributed by atoms with Gasteiger partial charge in [-0.15, -0.1) is 0 Å². The number of phenols is 1. The first kappa shape index (κ1) is 8.56. The van der Waals surface area contributed by atoms with E-state index in [9.17, 15) is 9.90 Å². The summed E-state index contributed by atoms with van der Waals surface area (Å²) in [4.78, 5) is 10.7. The molecule has 0 aromatic heterocycles. The third-order valence-corrected chi connectivity index (χ3v) is 2.20. The lowest BCUT2D eigenvalue weighted by Crippen LogP contribution is -1.91. The van der Waals surface area contributed by atoms with Gasteiger partial charge in [0.05, 0.1) is 5.69 Å². The largest absolute Gasteiger partial charge is 0.505 e. The monoisotopic (exact) mass is 187 g/mol. The second-order valence-electron chi connectivity index (χ2n) is 3.07. The number of carbonyl (C=O) groups is 1. The van der Waals surface area contributed by atoms with E-state index in [0.29, 0.717) is 16.3 Å². The molecular formula is C11H9NO2. The van der Waals surface area contributed by atoms with Gasteiger partial charge in [-0.3, -0.25) is 4.79 Å². The van der Waals surface area contributed by atoms with Crippen molar-refractivity contribution >= 4 is 22.7 Å². The molecule has 0 saturated heterocycles. The van der Waals surface area contributed by atoms with Gasteiger partial charge >= 0.3 is 0 Å². The fourth-order valence-electron chi connectivity index (χ4n) is 1.51. The van der Waals surface area contributed by atoms with E-state index in [1.165, 1.54) is 6.07 Å². The van der Waals surface area contributed by atoms with E-state index >= 15 is 0 Å². The number of benzene rings is 2. The highest BCUT2D eigenvalue weighted by molar-refractivity contribution is 6.03. The summed E-state index contributed by atoms with van der Waals surface area (Å²) >= 11 is 0. The van der Waals surface area contributed by atoms with E-state index in [1.807, 2.05) is 6.07 Å². The molecule has 0 spiro atoms. The van der Waals surface area contributed by atoms with Crippen molar-refractivity contribution in [1.82, 2.24) is 0 Å². The molecule has 3 nitrogen and oxygen atoms in total. The quantitative estimate of drug-likeness (QED) is 0.407. The molecule has 0 radical (unpaired) electrons. The Balaban J connectivity index is 2.96. The average Bonchev–Trinajstić information content (AvgIpc) is 2.23. The number of aromatic hydroxyl groups is 1. The zero-order chi connectivity index (χ0) is 10.1. The van der Waals surface area contributed by atoms with Crippen molar-refractivity contribution in [1.29, 1.82) is 0 Å². The van der Waals surface area contributed by atoms with Crippen LogP contribution in [-0.4, -0.2) is 11.4 Å². The van der Waals surface area contributed by atoms with Crippen molar-refractivity contribution in [2.24, 2.45) is 0 Å². The average molecular weight is 187 g/mol. The first-order chi connectivity index (χ1) is 6.74. The molecule has 2 aromatic rings. The summed E-state index contributed by atoms with van der Waals surface area (Å²) in [5, 5.41) is 11.0. The molecule has 0 bridgehead atoms. The molecule has 2 rings (SSSR count). The molecule has 70 valence electrons. The van der Waals surface area contributed by atoms with E-state index in [1.54, 1.807) is 18.2 Å². The molecule has 2 aromatic carbocycles. The molecule has 3 N–H and O–H groups in total. The maximum Gasteiger partial charge on any atom is 0.150 e. The zero-order valence-electron chi connectivity index (χ0n) is 7.40. The van der Waals surface area contributed by atoms with E-state index in [4.69, 9.17) is 5.73 Å². The number of nitrogen functional groups attached to an aromatic ring is 1. The summed E-state index contributed by atoms with van der Waals surface area (Å²) in [5.41, 5.74) is 6.28. The lowest BCUT2D eigenvalue weighted by molar-refractivity contribution is 0.112. The second-order valence-corrected chi connectivity index (χ2v) is 3.07. The smallest absolute Gasteiger partial charge is 0.150 e. The van der Waals surface area contributed by atoms with Gasteiger partial charge < -0.3 is 10.8 Å². The van der Waals surface area contributed by atoms with Gasteiger partial charge in [0, 0.05) is 10.9 Å². The molecule has 0 aliphatic heterocycles. The van der Waals surface area contributed by atoms with Crippen LogP contribution < -0.4 is 5.73 Å². The molecule has 0 aliphatic carbocycles. The van der Waals surface area contributed by atoms with Crippen LogP contribution in [-0.2, 0) is 0 Å². The third kappa shape index (κ3) is 1.10. The molecule has 0 atom stereocenters. The Bertz CT molecular complexity index is 506. The number of nitrogens with two attached hydrogens (primary N) is 1. The van der Waals surface area contributed by atoms with Gasteiger partial charge in [0.25, 0.3) is 0 Å². The molecule has 3 heteroatoms. The van der Waals surface area contributed by atoms with Crippen LogP contribution in [0.1, 0.15) is 10.4 Å². The summed E-state index contributed by atoms with van der Waals surface area (Å²) in [5.74, 6) is 0.0335. The maximum atomic E-state index is 10.7. The first-order valence-corrected chi connectivity index (χ1v) is 4.19. The van der Waals surface area contributed by atoms with Crippen molar-refractivity contribution in [3.05, 3.63) is 35.9 Å². The van der Waals surface area contributed by atoms with Crippen molar-refractivity contribution < 1.29 is 9.90 Å². The van der Waals surface area contributed by atoms with Gasteiger partial charge in [0.2, 0.25) is 0 Å². The number of hydrogen-bond donors (Lipinski definition) is 2. The number of aldehydes is 1. The SMILES string of the molecule is Nc1cc(C=O)c2ccccc2c1O. The van der Waals surface area contributed by atoms with E-state index < -0.39 is 0 Å². The summed E-state index contributed by atoms with van der Waals surface area (Å²) in [7, 11) is 0. The normalized spacial score (nSPS) is 10.3. The Morgan fingerprint density at radius 1 is 1.21 bits per heavy atom. The summed E-state index contributed by atoms with van der Waals surface area (Å²) in [6.07, 6.45) is 0.734. The molecule has 0 saturated carbocycles. The maximum absolute atomic E-state index is 10.7. The highest BCUT2D eigenvalue weighted by Gasteiger charge is 2.07. The van der Waals surface area contributed by atoms with Crippen LogP contribution in [0.4, 0.5) is 5.69 Å². The van der Waals surface area contributed by atoms with Crippen LogP contribution in [0.3, 0.4) is 0 Å². The van der Waals surface area contributed by atoms with Crippen LogP contribution in [0.15, 0.2) is 30.3 Å². The predicted octanol–water partition coefficient (Wildman–Crippen LogP) is 1.94. The van der Waals surface area contributed by atoms with Crippen LogP contribution >= 0.6 is 0 Å². The standard InChI is InChI=1S/C11H9NO2/c12-10-5-7(6-13)8-3-1-2-4-9(8)11(10)14/h1-6,14H,12H2. The van der Waals surface area contributed by atoms with E-state index in [-0.39, 0.29) is 11.4 Å². The minimum Gasteiger partial charge on any atom is -0.505 e.